The van der Waals surface area contributed by atoms with Gasteiger partial charge in [-0.2, -0.15) is 9.97 Å². The average Bonchev–Trinajstić information content (AvgIpc) is 3.56. The van der Waals surface area contributed by atoms with Crippen molar-refractivity contribution >= 4 is 34.0 Å². The minimum Gasteiger partial charge on any atom is -0.472 e. The number of nitrogens with zero attached hydrogens (tertiary/aromatic N) is 5. The molecule has 0 aliphatic carbocycles. The lowest BCUT2D eigenvalue weighted by Crippen LogP contribution is -2.62. The van der Waals surface area contributed by atoms with Crippen LogP contribution in [0.5, 0.6) is 11.9 Å². The molecule has 43 heavy (non-hydrogen) atoms. The van der Waals surface area contributed by atoms with Gasteiger partial charge in [0, 0.05) is 37.3 Å². The smallest absolute Gasteiger partial charge is 0.319 e. The number of piperazine rings is 1. The van der Waals surface area contributed by atoms with Crippen molar-refractivity contribution in [3.63, 3.8) is 0 Å². The predicted octanol–water partition coefficient (Wildman–Crippen LogP) is 3.85. The summed E-state index contributed by atoms with van der Waals surface area (Å²) in [5, 5.41) is 4.07. The number of fused-ring (bicyclic) bond motifs is 6. The van der Waals surface area contributed by atoms with Crippen LogP contribution in [0.25, 0.3) is 22.2 Å². The zero-order valence-corrected chi connectivity index (χ0v) is 24.8. The molecule has 6 atom stereocenters. The Labute approximate surface area is 252 Å². The third-order valence-electron chi connectivity index (χ3n) is 9.86. The molecule has 0 radical (unpaired) electrons. The van der Waals surface area contributed by atoms with Gasteiger partial charge in [-0.05, 0) is 51.2 Å². The van der Waals surface area contributed by atoms with Crippen LogP contribution in [0.15, 0.2) is 6.07 Å². The van der Waals surface area contributed by atoms with Crippen LogP contribution < -0.4 is 25.4 Å². The van der Waals surface area contributed by atoms with Crippen LogP contribution in [0.4, 0.5) is 20.3 Å². The van der Waals surface area contributed by atoms with Crippen molar-refractivity contribution in [2.75, 3.05) is 43.5 Å². The number of benzene rings is 1. The molecule has 3 N–H and O–H groups in total. The molecule has 2 aromatic heterocycles. The number of anilines is 2. The van der Waals surface area contributed by atoms with Crippen LogP contribution in [0.1, 0.15) is 38.2 Å². The number of nitrogen functional groups attached to an aromatic ring is 1. The number of ether oxygens (including phenoxy) is 3. The van der Waals surface area contributed by atoms with Gasteiger partial charge in [0.2, 0.25) is 5.88 Å². The second-order valence-electron chi connectivity index (χ2n) is 12.4. The first-order valence-corrected chi connectivity index (χ1v) is 15.5. The highest BCUT2D eigenvalue weighted by Gasteiger charge is 2.47. The Kier molecular flexibility index (Phi) is 6.55. The van der Waals surface area contributed by atoms with Gasteiger partial charge in [0.25, 0.3) is 0 Å². The molecule has 5 aliphatic heterocycles. The highest BCUT2D eigenvalue weighted by Crippen LogP contribution is 2.46. The second kappa shape index (κ2) is 10.3. The summed E-state index contributed by atoms with van der Waals surface area (Å²) in [6.45, 7) is 6.97. The van der Waals surface area contributed by atoms with Crippen LogP contribution in [0.3, 0.4) is 0 Å². The van der Waals surface area contributed by atoms with Crippen LogP contribution >= 0.6 is 11.6 Å². The van der Waals surface area contributed by atoms with E-state index in [1.165, 1.54) is 6.07 Å². The number of aromatic nitrogens is 3. The maximum Gasteiger partial charge on any atom is 0.319 e. The predicted molar refractivity (Wildman–Crippen MR) is 158 cm³/mol. The van der Waals surface area contributed by atoms with Crippen molar-refractivity contribution in [1.82, 2.24) is 25.2 Å². The number of aryl methyl sites for hydroxylation is 1. The van der Waals surface area contributed by atoms with Gasteiger partial charge in [0.15, 0.2) is 11.6 Å². The molecule has 0 saturated carbocycles. The topological polar surface area (TPSA) is 111 Å². The van der Waals surface area contributed by atoms with Crippen molar-refractivity contribution in [2.24, 2.45) is 0 Å². The summed E-state index contributed by atoms with van der Waals surface area (Å²) in [4.78, 5) is 18.7. The van der Waals surface area contributed by atoms with Gasteiger partial charge in [0.1, 0.15) is 35.1 Å². The monoisotopic (exact) mass is 613 g/mol. The largest absolute Gasteiger partial charge is 0.472 e. The van der Waals surface area contributed by atoms with E-state index in [4.69, 9.17) is 36.5 Å². The number of nitrogens with two attached hydrogens (primary N) is 1. The van der Waals surface area contributed by atoms with E-state index in [9.17, 15) is 0 Å². The van der Waals surface area contributed by atoms with E-state index in [1.807, 2.05) is 6.92 Å². The standard InChI is InChI=1S/C30H34ClF2N7O3/c1-13-9-18(34)23(32)20(22(13)31)25-24(33)26-21-28(38-30(37-26)42-12-17-5-4-16-11-41-8-7-39(16)17)40-10-15-3-6-19(35-15)27(40)14(2)43-29(21)36-25/h9,14-17,19,27,35H,3-8,10-12,34H2,1-2H3/t14-,15+,16-,17-,19-,27+/m0/s1. The number of hydrogen-bond acceptors (Lipinski definition) is 10. The van der Waals surface area contributed by atoms with E-state index in [2.05, 4.69) is 25.1 Å². The third kappa shape index (κ3) is 4.32. The lowest BCUT2D eigenvalue weighted by molar-refractivity contribution is -0.0101. The molecule has 0 unspecified atom stereocenters. The van der Waals surface area contributed by atoms with Crippen LogP contribution in [-0.4, -0.2) is 89.1 Å². The van der Waals surface area contributed by atoms with E-state index >= 15 is 8.78 Å². The summed E-state index contributed by atoms with van der Waals surface area (Å²) in [6, 6.07) is 2.43. The van der Waals surface area contributed by atoms with Crippen LogP contribution in [-0.2, 0) is 4.74 Å². The number of morpholine rings is 1. The van der Waals surface area contributed by atoms with Gasteiger partial charge >= 0.3 is 6.01 Å². The Bertz CT molecular complexity index is 1600. The number of halogens is 3. The third-order valence-corrected chi connectivity index (χ3v) is 10.3. The summed E-state index contributed by atoms with van der Waals surface area (Å²) in [7, 11) is 0. The molecule has 10 nitrogen and oxygen atoms in total. The van der Waals surface area contributed by atoms with E-state index in [-0.39, 0.29) is 69.6 Å². The first-order chi connectivity index (χ1) is 20.8. The molecule has 5 aliphatic rings. The molecule has 4 saturated heterocycles. The van der Waals surface area contributed by atoms with Crippen molar-refractivity contribution < 1.29 is 23.0 Å². The van der Waals surface area contributed by atoms with E-state index < -0.39 is 11.6 Å². The van der Waals surface area contributed by atoms with Gasteiger partial charge in [-0.1, -0.05) is 11.6 Å². The molecule has 0 spiro atoms. The zero-order chi connectivity index (χ0) is 29.6. The molecule has 1 aromatic carbocycles. The van der Waals surface area contributed by atoms with Crippen molar-refractivity contribution in [3.05, 3.63) is 28.3 Å². The maximum atomic E-state index is 16.7. The minimum atomic E-state index is -0.846. The lowest BCUT2D eigenvalue weighted by Gasteiger charge is -2.42. The van der Waals surface area contributed by atoms with Gasteiger partial charge in [-0.3, -0.25) is 4.90 Å². The first-order valence-electron chi connectivity index (χ1n) is 15.1. The van der Waals surface area contributed by atoms with Crippen LogP contribution in [0.2, 0.25) is 5.02 Å². The van der Waals surface area contributed by atoms with Gasteiger partial charge in [-0.25, -0.2) is 13.8 Å². The first kappa shape index (κ1) is 27.5. The molecule has 13 heteroatoms. The molecular weight excluding hydrogens is 580 g/mol. The minimum absolute atomic E-state index is 0.0253. The molecule has 228 valence electrons. The lowest BCUT2D eigenvalue weighted by atomic mass is 9.99. The van der Waals surface area contributed by atoms with Crippen molar-refractivity contribution in [3.8, 4) is 23.1 Å². The van der Waals surface area contributed by atoms with Gasteiger partial charge < -0.3 is 30.2 Å². The second-order valence-corrected chi connectivity index (χ2v) is 12.8. The highest BCUT2D eigenvalue weighted by atomic mass is 35.5. The molecule has 7 heterocycles. The summed E-state index contributed by atoms with van der Waals surface area (Å²) in [6.07, 6.45) is 3.71. The summed E-state index contributed by atoms with van der Waals surface area (Å²) < 4.78 is 50.5. The Morgan fingerprint density at radius 3 is 2.88 bits per heavy atom. The molecule has 3 aromatic rings. The normalized spacial score (nSPS) is 29.7. The Morgan fingerprint density at radius 1 is 1.16 bits per heavy atom. The zero-order valence-electron chi connectivity index (χ0n) is 24.1. The summed E-state index contributed by atoms with van der Waals surface area (Å²) in [5.74, 6) is -1.03. The van der Waals surface area contributed by atoms with Crippen molar-refractivity contribution in [2.45, 2.75) is 75.8 Å². The fraction of sp³-hybridized carbons (Fsp3) is 0.567. The molecule has 8 rings (SSSR count). The summed E-state index contributed by atoms with van der Waals surface area (Å²) in [5.41, 5.74) is 5.71. The van der Waals surface area contributed by atoms with Gasteiger partial charge in [-0.15, -0.1) is 0 Å². The van der Waals surface area contributed by atoms with E-state index in [1.54, 1.807) is 6.92 Å². The van der Waals surface area contributed by atoms with E-state index in [0.29, 0.717) is 42.6 Å². The molecular formula is C30H34ClF2N7O3. The quantitative estimate of drug-likeness (QED) is 0.421. The Hall–Kier alpha value is -3.06. The highest BCUT2D eigenvalue weighted by molar-refractivity contribution is 6.34. The van der Waals surface area contributed by atoms with Gasteiger partial charge in [0.05, 0.1) is 35.5 Å². The molecule has 4 fully saturated rings. The molecule has 0 amide bonds. The Balaban J connectivity index is 1.28. The summed E-state index contributed by atoms with van der Waals surface area (Å²) >= 11 is 6.55. The number of pyridine rings is 1. The van der Waals surface area contributed by atoms with E-state index in [0.717, 1.165) is 38.8 Å². The number of rotatable bonds is 4. The Morgan fingerprint density at radius 2 is 2.02 bits per heavy atom. The van der Waals surface area contributed by atoms with Crippen molar-refractivity contribution in [1.29, 1.82) is 0 Å². The number of hydrogen-bond donors (Lipinski definition) is 2. The number of nitrogens with one attached hydrogen (secondary N) is 1. The fourth-order valence-electron chi connectivity index (χ4n) is 7.82. The maximum absolute atomic E-state index is 16.7. The molecule has 2 bridgehead atoms. The SMILES string of the molecule is Cc1cc(N)c(F)c(-c2nc3c4c(nc(OC[C@@H]5CC[C@H]6COCCN65)nc4c2F)N2C[C@H]4CC[C@H](N4)[C@H]2[C@H](C)O3)c1Cl. The van der Waals surface area contributed by atoms with Crippen LogP contribution in [0, 0.1) is 18.6 Å². The average molecular weight is 614 g/mol. The fourth-order valence-corrected chi connectivity index (χ4v) is 8.05.